The van der Waals surface area contributed by atoms with Gasteiger partial charge in [0.1, 0.15) is 18.3 Å². The Balaban J connectivity index is 2.15. The van der Waals surface area contributed by atoms with Gasteiger partial charge in [0.15, 0.2) is 11.5 Å². The molecule has 0 aliphatic rings. The molecule has 0 aliphatic carbocycles. The van der Waals surface area contributed by atoms with E-state index in [1.165, 1.54) is 63.6 Å². The van der Waals surface area contributed by atoms with Crippen LogP contribution >= 0.6 is 11.6 Å². The molecule has 0 radical (unpaired) electrons. The SMILES string of the molecule is CNC(=O)[C@H](C)N(Cc1ccccc1)C(=O)CN(c1cc(Cl)ccc1OC)S(=O)(=O)c1ccc(OC)c(OC)c1. The summed E-state index contributed by atoms with van der Waals surface area (Å²) in [5.74, 6) is -0.329. The quantitative estimate of drug-likeness (QED) is 0.342. The molecule has 40 heavy (non-hydrogen) atoms. The molecule has 2 amide bonds. The van der Waals surface area contributed by atoms with E-state index in [-0.39, 0.29) is 33.6 Å². The molecule has 10 nitrogen and oxygen atoms in total. The fraction of sp³-hybridized carbons (Fsp3) is 0.286. The number of carbonyl (C=O) groups is 2. The van der Waals surface area contributed by atoms with E-state index in [0.29, 0.717) is 5.75 Å². The van der Waals surface area contributed by atoms with Gasteiger partial charge < -0.3 is 24.4 Å². The lowest BCUT2D eigenvalue weighted by Gasteiger charge is -2.32. The summed E-state index contributed by atoms with van der Waals surface area (Å²) in [4.78, 5) is 27.7. The number of likely N-dealkylation sites (N-methyl/N-ethyl adjacent to an activating group) is 1. The molecule has 0 fully saturated rings. The molecule has 0 saturated heterocycles. The molecule has 12 heteroatoms. The Hall–Kier alpha value is -3.96. The summed E-state index contributed by atoms with van der Waals surface area (Å²) in [6, 6.07) is 16.7. The maximum Gasteiger partial charge on any atom is 0.265 e. The van der Waals surface area contributed by atoms with Gasteiger partial charge in [0.2, 0.25) is 11.8 Å². The molecular formula is C28H32ClN3O7S. The van der Waals surface area contributed by atoms with Gasteiger partial charge in [-0.15, -0.1) is 0 Å². The first-order valence-corrected chi connectivity index (χ1v) is 14.0. The fourth-order valence-corrected chi connectivity index (χ4v) is 5.65. The van der Waals surface area contributed by atoms with Gasteiger partial charge in [-0.05, 0) is 42.8 Å². The zero-order chi connectivity index (χ0) is 29.4. The number of sulfonamides is 1. The molecule has 214 valence electrons. The van der Waals surface area contributed by atoms with Crippen molar-refractivity contribution in [2.75, 3.05) is 39.2 Å². The van der Waals surface area contributed by atoms with Crippen LogP contribution in [0.4, 0.5) is 5.69 Å². The summed E-state index contributed by atoms with van der Waals surface area (Å²) in [6.45, 7) is 1.000. The number of nitrogens with one attached hydrogen (secondary N) is 1. The van der Waals surface area contributed by atoms with Gasteiger partial charge in [-0.3, -0.25) is 13.9 Å². The lowest BCUT2D eigenvalue weighted by atomic mass is 10.1. The van der Waals surface area contributed by atoms with Crippen LogP contribution in [-0.4, -0.2) is 66.1 Å². The van der Waals surface area contributed by atoms with Crippen molar-refractivity contribution in [1.29, 1.82) is 0 Å². The summed E-state index contributed by atoms with van der Waals surface area (Å²) in [5.41, 5.74) is 0.812. The Bertz CT molecular complexity index is 1450. The molecule has 0 aliphatic heterocycles. The van der Waals surface area contributed by atoms with E-state index in [1.54, 1.807) is 13.0 Å². The van der Waals surface area contributed by atoms with E-state index >= 15 is 0 Å². The van der Waals surface area contributed by atoms with Crippen LogP contribution in [0.5, 0.6) is 17.2 Å². The Kier molecular flexibility index (Phi) is 10.2. The van der Waals surface area contributed by atoms with E-state index in [9.17, 15) is 18.0 Å². The number of amides is 2. The number of ether oxygens (including phenoxy) is 3. The summed E-state index contributed by atoms with van der Waals surface area (Å²) >= 11 is 6.26. The van der Waals surface area contributed by atoms with Crippen LogP contribution in [0.1, 0.15) is 12.5 Å². The number of carbonyl (C=O) groups excluding carboxylic acids is 2. The Morgan fingerprint density at radius 3 is 2.12 bits per heavy atom. The molecule has 3 aromatic rings. The van der Waals surface area contributed by atoms with Gasteiger partial charge in [0.25, 0.3) is 10.0 Å². The largest absolute Gasteiger partial charge is 0.495 e. The zero-order valence-electron chi connectivity index (χ0n) is 22.9. The number of nitrogens with zero attached hydrogens (tertiary/aromatic N) is 2. The predicted octanol–water partition coefficient (Wildman–Crippen LogP) is 3.72. The van der Waals surface area contributed by atoms with E-state index in [1.807, 2.05) is 30.3 Å². The number of benzene rings is 3. The number of hydrogen-bond donors (Lipinski definition) is 1. The van der Waals surface area contributed by atoms with Gasteiger partial charge >= 0.3 is 0 Å². The highest BCUT2D eigenvalue weighted by atomic mass is 35.5. The molecule has 0 saturated carbocycles. The lowest BCUT2D eigenvalue weighted by molar-refractivity contribution is -0.139. The maximum absolute atomic E-state index is 14.1. The molecule has 0 unspecified atom stereocenters. The molecule has 0 bridgehead atoms. The molecule has 0 aromatic heterocycles. The minimum absolute atomic E-state index is 0.0467. The van der Waals surface area contributed by atoms with Crippen molar-refractivity contribution >= 4 is 39.1 Å². The van der Waals surface area contributed by atoms with Gasteiger partial charge in [-0.25, -0.2) is 8.42 Å². The highest BCUT2D eigenvalue weighted by Crippen LogP contribution is 2.37. The summed E-state index contributed by atoms with van der Waals surface area (Å²) in [6.07, 6.45) is 0. The fourth-order valence-electron chi connectivity index (χ4n) is 4.05. The van der Waals surface area contributed by atoms with Crippen molar-refractivity contribution in [3.8, 4) is 17.2 Å². The van der Waals surface area contributed by atoms with Crippen molar-refractivity contribution in [3.05, 3.63) is 77.3 Å². The second-order valence-electron chi connectivity index (χ2n) is 8.64. The number of methoxy groups -OCH3 is 3. The van der Waals surface area contributed by atoms with E-state index in [2.05, 4.69) is 5.32 Å². The van der Waals surface area contributed by atoms with Gasteiger partial charge in [0, 0.05) is 24.7 Å². The number of anilines is 1. The van der Waals surface area contributed by atoms with Crippen molar-refractivity contribution in [1.82, 2.24) is 10.2 Å². The standard InChI is InChI=1S/C28H32ClN3O7S/c1-19(28(34)30-2)31(17-20-9-7-6-8-10-20)27(33)18-32(23-15-21(29)11-13-24(23)37-3)40(35,36)22-12-14-25(38-4)26(16-22)39-5/h6-16,19H,17-18H2,1-5H3,(H,30,34)/t19-/m0/s1. The first-order valence-electron chi connectivity index (χ1n) is 12.2. The van der Waals surface area contributed by atoms with Crippen LogP contribution in [0.15, 0.2) is 71.6 Å². The lowest BCUT2D eigenvalue weighted by Crippen LogP contribution is -2.50. The second-order valence-corrected chi connectivity index (χ2v) is 10.9. The van der Waals surface area contributed by atoms with E-state index in [4.69, 9.17) is 25.8 Å². The second kappa shape index (κ2) is 13.4. The van der Waals surface area contributed by atoms with Crippen molar-refractivity contribution in [3.63, 3.8) is 0 Å². The van der Waals surface area contributed by atoms with Crippen LogP contribution in [0.2, 0.25) is 5.02 Å². The van der Waals surface area contributed by atoms with Crippen LogP contribution in [0.25, 0.3) is 0 Å². The third-order valence-corrected chi connectivity index (χ3v) is 8.23. The van der Waals surface area contributed by atoms with Crippen LogP contribution in [0.3, 0.4) is 0 Å². The Labute approximate surface area is 239 Å². The van der Waals surface area contributed by atoms with Gasteiger partial charge in [-0.2, -0.15) is 0 Å². The first kappa shape index (κ1) is 30.6. The molecule has 1 atom stereocenters. The third-order valence-electron chi connectivity index (χ3n) is 6.24. The summed E-state index contributed by atoms with van der Waals surface area (Å²) in [5, 5.41) is 2.78. The highest BCUT2D eigenvalue weighted by molar-refractivity contribution is 7.92. The smallest absolute Gasteiger partial charge is 0.265 e. The summed E-state index contributed by atoms with van der Waals surface area (Å²) < 4.78 is 45.2. The minimum atomic E-state index is -4.40. The average Bonchev–Trinajstić information content (AvgIpc) is 2.97. The van der Waals surface area contributed by atoms with E-state index in [0.717, 1.165) is 9.87 Å². The average molecular weight is 590 g/mol. The molecule has 0 spiro atoms. The Morgan fingerprint density at radius 2 is 1.52 bits per heavy atom. The van der Waals surface area contributed by atoms with Crippen LogP contribution < -0.4 is 23.8 Å². The van der Waals surface area contributed by atoms with E-state index < -0.39 is 34.4 Å². The summed E-state index contributed by atoms with van der Waals surface area (Å²) in [7, 11) is 1.26. The predicted molar refractivity (Wildman–Crippen MR) is 153 cm³/mol. The number of hydrogen-bond acceptors (Lipinski definition) is 7. The molecular weight excluding hydrogens is 558 g/mol. The monoisotopic (exact) mass is 589 g/mol. The minimum Gasteiger partial charge on any atom is -0.495 e. The molecule has 3 aromatic carbocycles. The number of halogens is 1. The normalized spacial score (nSPS) is 11.8. The zero-order valence-corrected chi connectivity index (χ0v) is 24.5. The topological polar surface area (TPSA) is 114 Å². The van der Waals surface area contributed by atoms with Crippen LogP contribution in [-0.2, 0) is 26.2 Å². The first-order chi connectivity index (χ1) is 19.1. The molecule has 1 N–H and O–H groups in total. The number of rotatable bonds is 12. The van der Waals surface area contributed by atoms with Crippen molar-refractivity contribution in [2.45, 2.75) is 24.4 Å². The molecule has 0 heterocycles. The van der Waals surface area contributed by atoms with Gasteiger partial charge in [-0.1, -0.05) is 41.9 Å². The van der Waals surface area contributed by atoms with Crippen molar-refractivity contribution < 1.29 is 32.2 Å². The Morgan fingerprint density at radius 1 is 0.900 bits per heavy atom. The van der Waals surface area contributed by atoms with Crippen LogP contribution in [0, 0.1) is 0 Å². The van der Waals surface area contributed by atoms with Gasteiger partial charge in [0.05, 0.1) is 31.9 Å². The maximum atomic E-state index is 14.1. The highest BCUT2D eigenvalue weighted by Gasteiger charge is 2.34. The van der Waals surface area contributed by atoms with Crippen molar-refractivity contribution in [2.24, 2.45) is 0 Å². The molecule has 3 rings (SSSR count). The third kappa shape index (κ3) is 6.78.